The molecule has 2 unspecified atom stereocenters. The van der Waals surface area contributed by atoms with Crippen molar-refractivity contribution in [3.8, 4) is 0 Å². The minimum atomic E-state index is -0.675. The van der Waals surface area contributed by atoms with Gasteiger partial charge in [-0.05, 0) is 18.6 Å². The minimum absolute atomic E-state index is 0.0576. The molecule has 1 aliphatic carbocycles. The normalized spacial score (nSPS) is 26.1. The number of carbonyl (C=O) groups is 1. The van der Waals surface area contributed by atoms with E-state index in [4.69, 9.17) is 0 Å². The maximum absolute atomic E-state index is 12.8. The minimum Gasteiger partial charge on any atom is -0.392 e. The van der Waals surface area contributed by atoms with E-state index in [1.165, 1.54) is 18.2 Å². The second kappa shape index (κ2) is 4.07. The monoisotopic (exact) mass is 238 g/mol. The number of pyridine rings is 1. The number of amides is 1. The predicted molar refractivity (Wildman–Crippen MR) is 59.9 cm³/mol. The van der Waals surface area contributed by atoms with Crippen LogP contribution in [0.4, 0.5) is 4.39 Å². The van der Waals surface area contributed by atoms with Gasteiger partial charge in [0, 0.05) is 11.5 Å². The first-order chi connectivity index (χ1) is 7.91. The molecule has 1 heterocycles. The molecule has 0 spiro atoms. The Morgan fingerprint density at radius 3 is 2.82 bits per heavy atom. The standard InChI is InChI=1S/C12H15FN2O2/c1-12(2)8(6-9(12)16)15-11(17)7-4-3-5-10(13)14-7/h3-5,8-9,16H,6H2,1-2H3,(H,15,17). The Bertz CT molecular complexity index is 448. The van der Waals surface area contributed by atoms with Crippen LogP contribution < -0.4 is 5.32 Å². The summed E-state index contributed by atoms with van der Waals surface area (Å²) < 4.78 is 12.8. The predicted octanol–water partition coefficient (Wildman–Crippen LogP) is 1.11. The molecular formula is C12H15FN2O2. The summed E-state index contributed by atoms with van der Waals surface area (Å²) >= 11 is 0. The van der Waals surface area contributed by atoms with Gasteiger partial charge in [-0.1, -0.05) is 19.9 Å². The van der Waals surface area contributed by atoms with Crippen molar-refractivity contribution in [2.24, 2.45) is 5.41 Å². The van der Waals surface area contributed by atoms with Crippen molar-refractivity contribution in [3.05, 3.63) is 29.8 Å². The zero-order valence-electron chi connectivity index (χ0n) is 9.77. The van der Waals surface area contributed by atoms with Gasteiger partial charge in [0.05, 0.1) is 6.10 Å². The molecule has 1 saturated carbocycles. The maximum Gasteiger partial charge on any atom is 0.270 e. The summed E-state index contributed by atoms with van der Waals surface area (Å²) in [5, 5.41) is 12.3. The van der Waals surface area contributed by atoms with Gasteiger partial charge in [-0.15, -0.1) is 0 Å². The van der Waals surface area contributed by atoms with Gasteiger partial charge < -0.3 is 10.4 Å². The van der Waals surface area contributed by atoms with Crippen LogP contribution in [0.15, 0.2) is 18.2 Å². The van der Waals surface area contributed by atoms with Gasteiger partial charge in [-0.25, -0.2) is 4.98 Å². The molecule has 0 radical (unpaired) electrons. The van der Waals surface area contributed by atoms with Crippen molar-refractivity contribution >= 4 is 5.91 Å². The van der Waals surface area contributed by atoms with Crippen molar-refractivity contribution in [1.29, 1.82) is 0 Å². The summed E-state index contributed by atoms with van der Waals surface area (Å²) in [6.45, 7) is 3.76. The average molecular weight is 238 g/mol. The van der Waals surface area contributed by atoms with E-state index in [0.717, 1.165) is 0 Å². The number of halogens is 1. The fraction of sp³-hybridized carbons (Fsp3) is 0.500. The van der Waals surface area contributed by atoms with Crippen molar-refractivity contribution < 1.29 is 14.3 Å². The summed E-state index contributed by atoms with van der Waals surface area (Å²) in [5.41, 5.74) is -0.287. The molecule has 2 rings (SSSR count). The molecule has 1 amide bonds. The van der Waals surface area contributed by atoms with E-state index >= 15 is 0 Å². The lowest BCUT2D eigenvalue weighted by molar-refractivity contribution is -0.0690. The topological polar surface area (TPSA) is 62.2 Å². The molecule has 92 valence electrons. The van der Waals surface area contributed by atoms with E-state index < -0.39 is 18.0 Å². The van der Waals surface area contributed by atoms with Crippen molar-refractivity contribution in [2.75, 3.05) is 0 Å². The fourth-order valence-corrected chi connectivity index (χ4v) is 1.91. The van der Waals surface area contributed by atoms with Gasteiger partial charge in [-0.3, -0.25) is 4.79 Å². The first-order valence-electron chi connectivity index (χ1n) is 5.53. The number of rotatable bonds is 2. The number of aliphatic hydroxyl groups excluding tert-OH is 1. The largest absolute Gasteiger partial charge is 0.392 e. The van der Waals surface area contributed by atoms with Gasteiger partial charge in [0.15, 0.2) is 0 Å². The number of carbonyl (C=O) groups excluding carboxylic acids is 1. The third-order valence-electron chi connectivity index (χ3n) is 3.47. The molecule has 0 aromatic carbocycles. The molecule has 0 aliphatic heterocycles. The second-order valence-electron chi connectivity index (χ2n) is 4.94. The van der Waals surface area contributed by atoms with Gasteiger partial charge >= 0.3 is 0 Å². The Hall–Kier alpha value is -1.49. The summed E-state index contributed by atoms with van der Waals surface area (Å²) in [6, 6.07) is 3.99. The van der Waals surface area contributed by atoms with Crippen LogP contribution in [0.1, 0.15) is 30.8 Å². The van der Waals surface area contributed by atoms with E-state index in [9.17, 15) is 14.3 Å². The van der Waals surface area contributed by atoms with Crippen LogP contribution in [-0.2, 0) is 0 Å². The Kier molecular flexibility index (Phi) is 2.87. The van der Waals surface area contributed by atoms with Crippen LogP contribution in [0.25, 0.3) is 0 Å². The Morgan fingerprint density at radius 2 is 2.29 bits per heavy atom. The summed E-state index contributed by atoms with van der Waals surface area (Å²) in [6.07, 6.45) is 0.113. The van der Waals surface area contributed by atoms with Gasteiger partial charge in [0.1, 0.15) is 5.69 Å². The van der Waals surface area contributed by atoms with Gasteiger partial charge in [0.25, 0.3) is 5.91 Å². The van der Waals surface area contributed by atoms with Gasteiger partial charge in [0.2, 0.25) is 5.95 Å². The molecule has 4 nitrogen and oxygen atoms in total. The molecule has 1 fully saturated rings. The van der Waals surface area contributed by atoms with Crippen molar-refractivity contribution in [3.63, 3.8) is 0 Å². The van der Waals surface area contributed by atoms with E-state index in [1.54, 1.807) is 0 Å². The maximum atomic E-state index is 12.8. The number of nitrogens with one attached hydrogen (secondary N) is 1. The quantitative estimate of drug-likeness (QED) is 0.759. The Labute approximate surface area is 98.9 Å². The summed E-state index contributed by atoms with van der Waals surface area (Å²) in [7, 11) is 0. The van der Waals surface area contributed by atoms with Crippen LogP contribution in [0.2, 0.25) is 0 Å². The number of hydrogen-bond acceptors (Lipinski definition) is 3. The zero-order valence-corrected chi connectivity index (χ0v) is 9.77. The Morgan fingerprint density at radius 1 is 1.59 bits per heavy atom. The molecule has 2 atom stereocenters. The van der Waals surface area contributed by atoms with Crippen LogP contribution in [-0.4, -0.2) is 28.1 Å². The highest BCUT2D eigenvalue weighted by molar-refractivity contribution is 5.92. The second-order valence-corrected chi connectivity index (χ2v) is 4.94. The third-order valence-corrected chi connectivity index (χ3v) is 3.47. The molecule has 1 aliphatic rings. The lowest BCUT2D eigenvalue weighted by Crippen LogP contribution is -2.61. The molecule has 17 heavy (non-hydrogen) atoms. The van der Waals surface area contributed by atoms with E-state index in [-0.39, 0.29) is 17.2 Å². The van der Waals surface area contributed by atoms with E-state index in [0.29, 0.717) is 6.42 Å². The summed E-state index contributed by atoms with van der Waals surface area (Å²) in [4.78, 5) is 15.3. The van der Waals surface area contributed by atoms with Crippen molar-refractivity contribution in [1.82, 2.24) is 10.3 Å². The van der Waals surface area contributed by atoms with E-state index in [2.05, 4.69) is 10.3 Å². The molecule has 1 aromatic heterocycles. The summed E-state index contributed by atoms with van der Waals surface area (Å²) in [5.74, 6) is -1.08. The Balaban J connectivity index is 2.04. The highest BCUT2D eigenvalue weighted by atomic mass is 19.1. The number of hydrogen-bond donors (Lipinski definition) is 2. The lowest BCUT2D eigenvalue weighted by atomic mass is 9.64. The number of aliphatic hydroxyl groups is 1. The molecular weight excluding hydrogens is 223 g/mol. The SMILES string of the molecule is CC1(C)C(O)CC1NC(=O)c1cccc(F)n1. The van der Waals surface area contributed by atoms with Crippen LogP contribution in [0.5, 0.6) is 0 Å². The molecule has 2 N–H and O–H groups in total. The average Bonchev–Trinajstić information content (AvgIpc) is 2.28. The van der Waals surface area contributed by atoms with Crippen LogP contribution >= 0.6 is 0 Å². The van der Waals surface area contributed by atoms with Crippen molar-refractivity contribution in [2.45, 2.75) is 32.4 Å². The van der Waals surface area contributed by atoms with E-state index in [1.807, 2.05) is 13.8 Å². The molecule has 5 heteroatoms. The van der Waals surface area contributed by atoms with Crippen LogP contribution in [0.3, 0.4) is 0 Å². The highest BCUT2D eigenvalue weighted by Crippen LogP contribution is 2.40. The number of aromatic nitrogens is 1. The van der Waals surface area contributed by atoms with Crippen LogP contribution in [0, 0.1) is 11.4 Å². The molecule has 0 bridgehead atoms. The zero-order chi connectivity index (χ0) is 12.6. The van der Waals surface area contributed by atoms with Gasteiger partial charge in [-0.2, -0.15) is 4.39 Å². The molecule has 1 aromatic rings. The third kappa shape index (κ3) is 2.15. The number of nitrogens with zero attached hydrogens (tertiary/aromatic N) is 1. The first-order valence-corrected chi connectivity index (χ1v) is 5.53. The fourth-order valence-electron chi connectivity index (χ4n) is 1.91. The first kappa shape index (κ1) is 12.0. The smallest absolute Gasteiger partial charge is 0.270 e. The molecule has 0 saturated heterocycles. The highest BCUT2D eigenvalue weighted by Gasteiger charge is 2.48. The lowest BCUT2D eigenvalue weighted by Gasteiger charge is -2.49.